The predicted molar refractivity (Wildman–Crippen MR) is 58.7 cm³/mol. The van der Waals surface area contributed by atoms with Crippen LogP contribution in [0.1, 0.15) is 12.8 Å². The van der Waals surface area contributed by atoms with E-state index >= 15 is 0 Å². The van der Waals surface area contributed by atoms with E-state index in [2.05, 4.69) is 14.9 Å². The number of nitrogens with zero attached hydrogens (tertiary/aromatic N) is 3. The second-order valence-electron chi connectivity index (χ2n) is 3.41. The Kier molecular flexibility index (Phi) is 4.10. The molecular formula is C9H15ClN4. The van der Waals surface area contributed by atoms with Crippen molar-refractivity contribution < 1.29 is 0 Å². The summed E-state index contributed by atoms with van der Waals surface area (Å²) in [6, 6.07) is 0.288. The third kappa shape index (κ3) is 2.56. The molecule has 0 radical (unpaired) electrons. The monoisotopic (exact) mass is 214 g/mol. The number of aromatic nitrogens is 2. The minimum Gasteiger partial charge on any atom is -0.354 e. The lowest BCUT2D eigenvalue weighted by molar-refractivity contribution is 0.503. The van der Waals surface area contributed by atoms with Gasteiger partial charge < -0.3 is 10.6 Å². The first-order chi connectivity index (χ1) is 6.36. The average Bonchev–Trinajstić information content (AvgIpc) is 2.19. The zero-order valence-electron chi connectivity index (χ0n) is 7.97. The fourth-order valence-electron chi connectivity index (χ4n) is 1.67. The maximum atomic E-state index is 5.87. The summed E-state index contributed by atoms with van der Waals surface area (Å²) in [5.41, 5.74) is 5.87. The van der Waals surface area contributed by atoms with Crippen LogP contribution in [-0.4, -0.2) is 29.1 Å². The molecule has 4 nitrogen and oxygen atoms in total. The highest BCUT2D eigenvalue weighted by Crippen LogP contribution is 2.14. The van der Waals surface area contributed by atoms with Crippen LogP contribution in [0.2, 0.25) is 0 Å². The third-order valence-electron chi connectivity index (χ3n) is 2.33. The smallest absolute Gasteiger partial charge is 0.147 e. The van der Waals surface area contributed by atoms with Crippen molar-refractivity contribution in [2.75, 3.05) is 18.0 Å². The molecule has 1 aromatic heterocycles. The topological polar surface area (TPSA) is 55.0 Å². The van der Waals surface area contributed by atoms with Gasteiger partial charge in [0.2, 0.25) is 0 Å². The van der Waals surface area contributed by atoms with Crippen molar-refractivity contribution >= 4 is 18.2 Å². The highest BCUT2D eigenvalue weighted by atomic mass is 35.5. The van der Waals surface area contributed by atoms with E-state index in [-0.39, 0.29) is 18.4 Å². The minimum atomic E-state index is 0. The van der Waals surface area contributed by atoms with E-state index in [0.717, 1.165) is 31.7 Å². The van der Waals surface area contributed by atoms with Crippen molar-refractivity contribution in [2.45, 2.75) is 18.9 Å². The van der Waals surface area contributed by atoms with Gasteiger partial charge in [0, 0.05) is 31.5 Å². The summed E-state index contributed by atoms with van der Waals surface area (Å²) < 4.78 is 0. The molecule has 2 rings (SSSR count). The molecule has 2 N–H and O–H groups in total. The van der Waals surface area contributed by atoms with Gasteiger partial charge in [-0.1, -0.05) is 0 Å². The maximum Gasteiger partial charge on any atom is 0.147 e. The van der Waals surface area contributed by atoms with Gasteiger partial charge in [-0.05, 0) is 12.8 Å². The molecule has 1 aliphatic heterocycles. The molecule has 1 aliphatic rings. The Hall–Kier alpha value is -0.870. The molecule has 0 bridgehead atoms. The van der Waals surface area contributed by atoms with Crippen molar-refractivity contribution in [3.8, 4) is 0 Å². The van der Waals surface area contributed by atoms with Crippen molar-refractivity contribution in [1.29, 1.82) is 0 Å². The molecule has 1 fully saturated rings. The summed E-state index contributed by atoms with van der Waals surface area (Å²) in [6.45, 7) is 1.95. The van der Waals surface area contributed by atoms with Crippen LogP contribution >= 0.6 is 12.4 Å². The fraction of sp³-hybridized carbons (Fsp3) is 0.556. The van der Waals surface area contributed by atoms with E-state index in [1.807, 2.05) is 0 Å². The number of rotatable bonds is 1. The Balaban J connectivity index is 0.000000980. The first kappa shape index (κ1) is 11.2. The Morgan fingerprint density at radius 2 is 2.29 bits per heavy atom. The first-order valence-electron chi connectivity index (χ1n) is 4.63. The highest BCUT2D eigenvalue weighted by molar-refractivity contribution is 5.85. The van der Waals surface area contributed by atoms with E-state index < -0.39 is 0 Å². The van der Waals surface area contributed by atoms with Gasteiger partial charge in [-0.3, -0.25) is 4.98 Å². The minimum absolute atomic E-state index is 0. The number of anilines is 1. The Morgan fingerprint density at radius 3 is 2.93 bits per heavy atom. The largest absolute Gasteiger partial charge is 0.354 e. The van der Waals surface area contributed by atoms with Crippen LogP contribution < -0.4 is 10.6 Å². The summed E-state index contributed by atoms with van der Waals surface area (Å²) in [5.74, 6) is 0.942. The van der Waals surface area contributed by atoms with E-state index in [1.165, 1.54) is 0 Å². The fourth-order valence-corrected chi connectivity index (χ4v) is 1.67. The van der Waals surface area contributed by atoms with Crippen LogP contribution in [0.4, 0.5) is 5.82 Å². The van der Waals surface area contributed by atoms with Crippen LogP contribution in [0.25, 0.3) is 0 Å². The molecular weight excluding hydrogens is 200 g/mol. The maximum absolute atomic E-state index is 5.87. The van der Waals surface area contributed by atoms with Crippen LogP contribution in [0.15, 0.2) is 18.6 Å². The molecule has 78 valence electrons. The standard InChI is InChI=1S/C9H14N4.ClH/c10-8-2-1-5-13(7-8)9-6-11-3-4-12-9;/h3-4,6,8H,1-2,5,7,10H2;1H. The summed E-state index contributed by atoms with van der Waals surface area (Å²) in [7, 11) is 0. The molecule has 14 heavy (non-hydrogen) atoms. The van der Waals surface area contributed by atoms with Gasteiger partial charge in [-0.25, -0.2) is 4.98 Å². The van der Waals surface area contributed by atoms with Gasteiger partial charge in [0.25, 0.3) is 0 Å². The Morgan fingerprint density at radius 1 is 1.43 bits per heavy atom. The summed E-state index contributed by atoms with van der Waals surface area (Å²) >= 11 is 0. The number of nitrogens with two attached hydrogens (primary N) is 1. The van der Waals surface area contributed by atoms with Crippen molar-refractivity contribution in [2.24, 2.45) is 5.73 Å². The zero-order chi connectivity index (χ0) is 9.10. The molecule has 0 aromatic carbocycles. The zero-order valence-corrected chi connectivity index (χ0v) is 8.78. The van der Waals surface area contributed by atoms with E-state index in [4.69, 9.17) is 5.73 Å². The highest BCUT2D eigenvalue weighted by Gasteiger charge is 2.17. The predicted octanol–water partition coefficient (Wildman–Crippen LogP) is 0.826. The number of hydrogen-bond donors (Lipinski definition) is 1. The lowest BCUT2D eigenvalue weighted by Gasteiger charge is -2.31. The van der Waals surface area contributed by atoms with Gasteiger partial charge in [0.15, 0.2) is 0 Å². The second kappa shape index (κ2) is 5.12. The van der Waals surface area contributed by atoms with E-state index in [1.54, 1.807) is 18.6 Å². The van der Waals surface area contributed by atoms with Crippen LogP contribution in [-0.2, 0) is 0 Å². The quantitative estimate of drug-likeness (QED) is 0.753. The third-order valence-corrected chi connectivity index (χ3v) is 2.33. The molecule has 0 aliphatic carbocycles. The molecule has 0 spiro atoms. The summed E-state index contributed by atoms with van der Waals surface area (Å²) in [5, 5.41) is 0. The SMILES string of the molecule is Cl.NC1CCCN(c2cnccn2)C1. The van der Waals surface area contributed by atoms with Gasteiger partial charge in [0.05, 0.1) is 6.20 Å². The van der Waals surface area contributed by atoms with Crippen LogP contribution in [0, 0.1) is 0 Å². The molecule has 1 aromatic rings. The Bertz CT molecular complexity index is 267. The number of hydrogen-bond acceptors (Lipinski definition) is 4. The molecule has 5 heteroatoms. The molecule has 0 saturated carbocycles. The summed E-state index contributed by atoms with van der Waals surface area (Å²) in [4.78, 5) is 10.5. The number of piperidine rings is 1. The van der Waals surface area contributed by atoms with Crippen molar-refractivity contribution in [1.82, 2.24) is 9.97 Å². The van der Waals surface area contributed by atoms with E-state index in [9.17, 15) is 0 Å². The molecule has 1 saturated heterocycles. The number of halogens is 1. The van der Waals surface area contributed by atoms with Gasteiger partial charge in [0.1, 0.15) is 5.82 Å². The van der Waals surface area contributed by atoms with Crippen LogP contribution in [0.5, 0.6) is 0 Å². The summed E-state index contributed by atoms with van der Waals surface area (Å²) in [6.07, 6.45) is 7.47. The van der Waals surface area contributed by atoms with Crippen LogP contribution in [0.3, 0.4) is 0 Å². The van der Waals surface area contributed by atoms with E-state index in [0.29, 0.717) is 0 Å². The molecule has 2 heterocycles. The first-order valence-corrected chi connectivity index (χ1v) is 4.63. The van der Waals surface area contributed by atoms with Gasteiger partial charge in [-0.2, -0.15) is 0 Å². The second-order valence-corrected chi connectivity index (χ2v) is 3.41. The molecule has 0 amide bonds. The molecule has 1 unspecified atom stereocenters. The normalized spacial score (nSPS) is 21.5. The van der Waals surface area contributed by atoms with Gasteiger partial charge in [-0.15, -0.1) is 12.4 Å². The lowest BCUT2D eigenvalue weighted by atomic mass is 10.1. The average molecular weight is 215 g/mol. The van der Waals surface area contributed by atoms with Crippen molar-refractivity contribution in [3.63, 3.8) is 0 Å². The van der Waals surface area contributed by atoms with Crippen molar-refractivity contribution in [3.05, 3.63) is 18.6 Å². The Labute approximate surface area is 89.9 Å². The lowest BCUT2D eigenvalue weighted by Crippen LogP contribution is -2.43. The van der Waals surface area contributed by atoms with Gasteiger partial charge >= 0.3 is 0 Å². The molecule has 1 atom stereocenters.